The van der Waals surface area contributed by atoms with Gasteiger partial charge in [-0.2, -0.15) is 4.72 Å². The molecule has 22 heavy (non-hydrogen) atoms. The highest BCUT2D eigenvalue weighted by atomic mass is 79.9. The molecule has 1 N–H and O–H groups in total. The van der Waals surface area contributed by atoms with Gasteiger partial charge in [0.1, 0.15) is 16.6 Å². The highest BCUT2D eigenvalue weighted by Gasteiger charge is 2.14. The molecule has 0 aromatic carbocycles. The molecule has 2 aromatic rings. The summed E-state index contributed by atoms with van der Waals surface area (Å²) in [7, 11) is -3.50. The number of nitrogens with one attached hydrogen (secondary N) is 1. The van der Waals surface area contributed by atoms with E-state index in [1.54, 1.807) is 18.3 Å². The third-order valence-electron chi connectivity index (χ3n) is 2.48. The molecule has 2 heterocycles. The Morgan fingerprint density at radius 2 is 2.14 bits per heavy atom. The number of thiophene rings is 1. The van der Waals surface area contributed by atoms with Crippen molar-refractivity contribution < 1.29 is 13.2 Å². The first-order chi connectivity index (χ1) is 10.5. The molecule has 0 amide bonds. The molecule has 0 aliphatic carbocycles. The van der Waals surface area contributed by atoms with Gasteiger partial charge in [-0.25, -0.2) is 8.42 Å². The number of pyridine rings is 1. The number of sulfonamides is 1. The lowest BCUT2D eigenvalue weighted by atomic mass is 10.4. The van der Waals surface area contributed by atoms with Crippen molar-refractivity contribution in [2.24, 2.45) is 0 Å². The van der Waals surface area contributed by atoms with Gasteiger partial charge in [-0.1, -0.05) is 11.8 Å². The van der Waals surface area contributed by atoms with E-state index in [1.165, 1.54) is 6.07 Å². The van der Waals surface area contributed by atoms with Crippen LogP contribution in [0.15, 0.2) is 38.5 Å². The highest BCUT2D eigenvalue weighted by molar-refractivity contribution is 9.11. The zero-order valence-corrected chi connectivity index (χ0v) is 14.9. The molecule has 2 rings (SSSR count). The lowest BCUT2D eigenvalue weighted by Gasteiger charge is -2.01. The summed E-state index contributed by atoms with van der Waals surface area (Å²) in [5, 5.41) is 0. The van der Waals surface area contributed by atoms with E-state index in [1.807, 2.05) is 13.0 Å². The molecule has 0 bridgehead atoms. The maximum absolute atomic E-state index is 11.9. The molecule has 116 valence electrons. The summed E-state index contributed by atoms with van der Waals surface area (Å²) in [5.74, 6) is 6.08. The SMILES string of the molecule is Cc1ccc(OCC#CCNS(=O)(=O)c2ccc(Br)s2)cn1. The summed E-state index contributed by atoms with van der Waals surface area (Å²) in [6.07, 6.45) is 1.62. The van der Waals surface area contributed by atoms with Crippen LogP contribution in [-0.2, 0) is 10.0 Å². The second kappa shape index (κ2) is 7.74. The van der Waals surface area contributed by atoms with E-state index in [4.69, 9.17) is 4.74 Å². The molecule has 8 heteroatoms. The second-order valence-corrected chi connectivity index (χ2v) is 8.62. The van der Waals surface area contributed by atoms with Crippen molar-refractivity contribution in [3.63, 3.8) is 0 Å². The van der Waals surface area contributed by atoms with Crippen LogP contribution < -0.4 is 9.46 Å². The van der Waals surface area contributed by atoms with E-state index in [0.29, 0.717) is 5.75 Å². The quantitative estimate of drug-likeness (QED) is 0.783. The van der Waals surface area contributed by atoms with Crippen molar-refractivity contribution in [3.05, 3.63) is 39.9 Å². The van der Waals surface area contributed by atoms with Crippen LogP contribution in [-0.4, -0.2) is 26.6 Å². The standard InChI is InChI=1S/C14H13BrN2O3S2/c1-11-4-5-12(10-16-11)20-9-3-2-8-17-22(18,19)14-7-6-13(15)21-14/h4-7,10,17H,8-9H2,1H3. The summed E-state index contributed by atoms with van der Waals surface area (Å²) in [4.78, 5) is 4.09. The molecule has 2 aromatic heterocycles. The zero-order chi connectivity index (χ0) is 16.0. The van der Waals surface area contributed by atoms with Gasteiger partial charge in [0.05, 0.1) is 16.5 Å². The monoisotopic (exact) mass is 400 g/mol. The van der Waals surface area contributed by atoms with E-state index in [2.05, 4.69) is 37.5 Å². The van der Waals surface area contributed by atoms with Gasteiger partial charge in [0.15, 0.2) is 0 Å². The summed E-state index contributed by atoms with van der Waals surface area (Å²) in [5.41, 5.74) is 0.910. The van der Waals surface area contributed by atoms with Crippen LogP contribution in [0.2, 0.25) is 0 Å². The zero-order valence-electron chi connectivity index (χ0n) is 11.7. The number of hydrogen-bond donors (Lipinski definition) is 1. The minimum Gasteiger partial charge on any atom is -0.479 e. The van der Waals surface area contributed by atoms with E-state index in [0.717, 1.165) is 20.8 Å². The Kier molecular flexibility index (Phi) is 5.97. The molecule has 0 spiro atoms. The van der Waals surface area contributed by atoms with Gasteiger partial charge in [0, 0.05) is 5.69 Å². The van der Waals surface area contributed by atoms with Gasteiger partial charge in [0.2, 0.25) is 0 Å². The highest BCUT2D eigenvalue weighted by Crippen LogP contribution is 2.25. The van der Waals surface area contributed by atoms with Crippen LogP contribution >= 0.6 is 27.3 Å². The average Bonchev–Trinajstić information content (AvgIpc) is 2.92. The molecule has 0 saturated heterocycles. The number of halogens is 1. The molecule has 0 aliphatic rings. The average molecular weight is 401 g/mol. The first kappa shape index (κ1) is 17.0. The van der Waals surface area contributed by atoms with Crippen molar-refractivity contribution in [1.82, 2.24) is 9.71 Å². The van der Waals surface area contributed by atoms with E-state index in [-0.39, 0.29) is 17.4 Å². The van der Waals surface area contributed by atoms with Crippen LogP contribution in [0.4, 0.5) is 0 Å². The lowest BCUT2D eigenvalue weighted by molar-refractivity contribution is 0.368. The van der Waals surface area contributed by atoms with Crippen molar-refractivity contribution in [1.29, 1.82) is 0 Å². The number of aryl methyl sites for hydroxylation is 1. The Hall–Kier alpha value is -1.40. The Labute approximate surface area is 141 Å². The lowest BCUT2D eigenvalue weighted by Crippen LogP contribution is -2.23. The number of rotatable bonds is 5. The molecule has 0 saturated carbocycles. The third-order valence-corrected chi connectivity index (χ3v) is 6.00. The topological polar surface area (TPSA) is 68.3 Å². The minimum atomic E-state index is -3.50. The summed E-state index contributed by atoms with van der Waals surface area (Å²) >= 11 is 4.38. The fourth-order valence-electron chi connectivity index (χ4n) is 1.42. The molecular formula is C14H13BrN2O3S2. The molecule has 0 atom stereocenters. The Morgan fingerprint density at radius 3 is 2.77 bits per heavy atom. The Bertz CT molecular complexity index is 789. The van der Waals surface area contributed by atoms with Crippen molar-refractivity contribution in [2.75, 3.05) is 13.2 Å². The Morgan fingerprint density at radius 1 is 1.32 bits per heavy atom. The van der Waals surface area contributed by atoms with Gasteiger partial charge in [-0.3, -0.25) is 4.98 Å². The van der Waals surface area contributed by atoms with Crippen molar-refractivity contribution in [3.8, 4) is 17.6 Å². The van der Waals surface area contributed by atoms with Gasteiger partial charge < -0.3 is 4.74 Å². The van der Waals surface area contributed by atoms with Gasteiger partial charge in [0.25, 0.3) is 10.0 Å². The van der Waals surface area contributed by atoms with Crippen LogP contribution in [0, 0.1) is 18.8 Å². The minimum absolute atomic E-state index is 0.0351. The number of ether oxygens (including phenoxy) is 1. The predicted molar refractivity (Wildman–Crippen MR) is 89.5 cm³/mol. The summed E-state index contributed by atoms with van der Waals surface area (Å²) < 4.78 is 32.6. The first-order valence-corrected chi connectivity index (χ1v) is 9.33. The maximum Gasteiger partial charge on any atom is 0.250 e. The fraction of sp³-hybridized carbons (Fsp3) is 0.214. The molecule has 0 radical (unpaired) electrons. The molecule has 0 aliphatic heterocycles. The number of nitrogens with zero attached hydrogens (tertiary/aromatic N) is 1. The molecule has 5 nitrogen and oxygen atoms in total. The fourth-order valence-corrected chi connectivity index (χ4v) is 4.39. The van der Waals surface area contributed by atoms with Gasteiger partial charge in [-0.15, -0.1) is 11.3 Å². The van der Waals surface area contributed by atoms with E-state index < -0.39 is 10.0 Å². The maximum atomic E-state index is 11.9. The molecular weight excluding hydrogens is 388 g/mol. The number of hydrogen-bond acceptors (Lipinski definition) is 5. The number of aromatic nitrogens is 1. The predicted octanol–water partition coefficient (Wildman–Crippen LogP) is 2.57. The summed E-state index contributed by atoms with van der Waals surface area (Å²) in [6, 6.07) is 6.88. The first-order valence-electron chi connectivity index (χ1n) is 6.23. The second-order valence-electron chi connectivity index (χ2n) is 4.16. The van der Waals surface area contributed by atoms with Gasteiger partial charge >= 0.3 is 0 Å². The van der Waals surface area contributed by atoms with E-state index in [9.17, 15) is 8.42 Å². The van der Waals surface area contributed by atoms with Crippen molar-refractivity contribution >= 4 is 37.3 Å². The van der Waals surface area contributed by atoms with Crippen LogP contribution in [0.1, 0.15) is 5.69 Å². The summed E-state index contributed by atoms with van der Waals surface area (Å²) in [6.45, 7) is 2.10. The van der Waals surface area contributed by atoms with Crippen LogP contribution in [0.3, 0.4) is 0 Å². The van der Waals surface area contributed by atoms with Gasteiger partial charge in [-0.05, 0) is 47.1 Å². The normalized spacial score (nSPS) is 10.8. The van der Waals surface area contributed by atoms with Crippen LogP contribution in [0.25, 0.3) is 0 Å². The largest absolute Gasteiger partial charge is 0.479 e. The molecule has 0 unspecified atom stereocenters. The molecule has 0 fully saturated rings. The van der Waals surface area contributed by atoms with Crippen molar-refractivity contribution in [2.45, 2.75) is 11.1 Å². The van der Waals surface area contributed by atoms with Crippen LogP contribution in [0.5, 0.6) is 5.75 Å². The smallest absolute Gasteiger partial charge is 0.250 e. The van der Waals surface area contributed by atoms with E-state index >= 15 is 0 Å². The Balaban J connectivity index is 1.78. The third kappa shape index (κ3) is 5.10.